The normalized spacial score (nSPS) is 12.0. The smallest absolute Gasteiger partial charge is 0.279 e. The van der Waals surface area contributed by atoms with Gasteiger partial charge in [-0.2, -0.15) is 0 Å². The topological polar surface area (TPSA) is 123 Å². The average molecular weight is 457 g/mol. The van der Waals surface area contributed by atoms with E-state index < -0.39 is 22.0 Å². The van der Waals surface area contributed by atoms with E-state index in [1.165, 1.54) is 24.3 Å². The Kier molecular flexibility index (Phi) is 7.42. The van der Waals surface area contributed by atoms with Gasteiger partial charge in [0.2, 0.25) is 10.0 Å². The molecular formula is C18H21ClN4O4S2. The number of aryl methyl sites for hydroxylation is 2. The van der Waals surface area contributed by atoms with E-state index in [0.29, 0.717) is 16.5 Å². The number of ether oxygens (including phenoxy) is 1. The number of hydrogen-bond acceptors (Lipinski definition) is 5. The summed E-state index contributed by atoms with van der Waals surface area (Å²) in [4.78, 5) is 12.2. The molecule has 0 aliphatic carbocycles. The van der Waals surface area contributed by atoms with Crippen LogP contribution >= 0.6 is 23.8 Å². The van der Waals surface area contributed by atoms with Gasteiger partial charge in [0.15, 0.2) is 11.2 Å². The van der Waals surface area contributed by atoms with Gasteiger partial charge in [0, 0.05) is 10.7 Å². The van der Waals surface area contributed by atoms with Crippen LogP contribution in [0, 0.1) is 13.8 Å². The third-order valence-corrected chi connectivity index (χ3v) is 5.56. The average Bonchev–Trinajstić information content (AvgIpc) is 2.63. The maximum atomic E-state index is 12.2. The molecule has 0 aromatic heterocycles. The van der Waals surface area contributed by atoms with Gasteiger partial charge in [-0.15, -0.1) is 0 Å². The molecule has 8 nitrogen and oxygen atoms in total. The molecule has 0 aliphatic heterocycles. The zero-order valence-electron chi connectivity index (χ0n) is 15.9. The molecule has 11 heteroatoms. The highest BCUT2D eigenvalue weighted by atomic mass is 35.5. The number of hydrazine groups is 1. The van der Waals surface area contributed by atoms with Gasteiger partial charge < -0.3 is 10.1 Å². The van der Waals surface area contributed by atoms with Crippen LogP contribution in [0.2, 0.25) is 5.02 Å². The first kappa shape index (κ1) is 22.9. The van der Waals surface area contributed by atoms with Crippen molar-refractivity contribution in [2.75, 3.05) is 5.32 Å². The number of nitrogens with two attached hydrogens (primary N) is 1. The van der Waals surface area contributed by atoms with E-state index in [0.717, 1.165) is 11.1 Å². The Labute approximate surface area is 179 Å². The maximum absolute atomic E-state index is 12.2. The van der Waals surface area contributed by atoms with Gasteiger partial charge in [-0.3, -0.25) is 15.6 Å². The molecule has 2 aromatic carbocycles. The summed E-state index contributed by atoms with van der Waals surface area (Å²) in [5, 5.41) is 8.61. The lowest BCUT2D eigenvalue weighted by Gasteiger charge is -2.17. The highest BCUT2D eigenvalue weighted by molar-refractivity contribution is 7.89. The predicted octanol–water partition coefficient (Wildman–Crippen LogP) is 2.39. The molecule has 0 saturated carbocycles. The Morgan fingerprint density at radius 2 is 1.69 bits per heavy atom. The number of sulfonamides is 1. The zero-order valence-corrected chi connectivity index (χ0v) is 18.3. The molecule has 0 aliphatic rings. The minimum atomic E-state index is -3.77. The van der Waals surface area contributed by atoms with E-state index in [1.807, 2.05) is 13.8 Å². The number of anilines is 1. The van der Waals surface area contributed by atoms with Crippen molar-refractivity contribution in [3.05, 3.63) is 52.5 Å². The summed E-state index contributed by atoms with van der Waals surface area (Å²) >= 11 is 11.2. The first-order chi connectivity index (χ1) is 13.5. The number of amides is 1. The third-order valence-electron chi connectivity index (χ3n) is 3.83. The van der Waals surface area contributed by atoms with Crippen LogP contribution in [0.4, 0.5) is 5.69 Å². The van der Waals surface area contributed by atoms with Gasteiger partial charge in [0.25, 0.3) is 5.91 Å². The number of hydrogen-bond donors (Lipinski definition) is 4. The lowest BCUT2D eigenvalue weighted by atomic mass is 10.1. The van der Waals surface area contributed by atoms with Gasteiger partial charge in [-0.25, -0.2) is 13.6 Å². The molecule has 1 amide bonds. The van der Waals surface area contributed by atoms with Crippen LogP contribution in [0.1, 0.15) is 18.1 Å². The number of rotatable bonds is 5. The van der Waals surface area contributed by atoms with Crippen molar-refractivity contribution in [1.82, 2.24) is 10.9 Å². The summed E-state index contributed by atoms with van der Waals surface area (Å²) in [6.45, 7) is 5.31. The number of carbonyl (C=O) groups is 1. The van der Waals surface area contributed by atoms with Gasteiger partial charge in [-0.1, -0.05) is 11.6 Å². The van der Waals surface area contributed by atoms with E-state index in [9.17, 15) is 13.2 Å². The highest BCUT2D eigenvalue weighted by Gasteiger charge is 2.16. The second kappa shape index (κ2) is 9.40. The van der Waals surface area contributed by atoms with Crippen molar-refractivity contribution in [2.45, 2.75) is 31.8 Å². The second-order valence-corrected chi connectivity index (χ2v) is 8.62. The molecule has 1 atom stereocenters. The third kappa shape index (κ3) is 6.57. The van der Waals surface area contributed by atoms with Crippen molar-refractivity contribution in [1.29, 1.82) is 0 Å². The molecule has 0 heterocycles. The van der Waals surface area contributed by atoms with Gasteiger partial charge in [0.05, 0.1) is 4.90 Å². The molecule has 2 rings (SSSR count). The number of halogens is 1. The molecule has 1 unspecified atom stereocenters. The molecule has 0 fully saturated rings. The quantitative estimate of drug-likeness (QED) is 0.402. The van der Waals surface area contributed by atoms with Crippen LogP contribution in [0.25, 0.3) is 0 Å². The highest BCUT2D eigenvalue weighted by Crippen LogP contribution is 2.26. The Balaban J connectivity index is 1.87. The van der Waals surface area contributed by atoms with E-state index in [2.05, 4.69) is 16.2 Å². The molecular weight excluding hydrogens is 436 g/mol. The zero-order chi connectivity index (χ0) is 21.8. The number of primary sulfonamides is 1. The summed E-state index contributed by atoms with van der Waals surface area (Å²) in [6.07, 6.45) is -0.792. The molecule has 0 spiro atoms. The Morgan fingerprint density at radius 3 is 2.21 bits per heavy atom. The monoisotopic (exact) mass is 456 g/mol. The number of nitrogens with one attached hydrogen (secondary N) is 3. The first-order valence-electron chi connectivity index (χ1n) is 8.40. The molecule has 0 radical (unpaired) electrons. The summed E-state index contributed by atoms with van der Waals surface area (Å²) in [5.41, 5.74) is 7.21. The minimum absolute atomic E-state index is 0.0196. The van der Waals surface area contributed by atoms with Gasteiger partial charge in [-0.05, 0) is 80.5 Å². The summed E-state index contributed by atoms with van der Waals surface area (Å²) in [7, 11) is -3.77. The molecule has 2 aromatic rings. The molecule has 156 valence electrons. The number of carbonyl (C=O) groups excluding carboxylic acids is 1. The van der Waals surface area contributed by atoms with E-state index in [-0.39, 0.29) is 10.0 Å². The fourth-order valence-electron chi connectivity index (χ4n) is 2.34. The fraction of sp³-hybridized carbons (Fsp3) is 0.222. The van der Waals surface area contributed by atoms with Crippen LogP contribution in [-0.2, 0) is 14.8 Å². The van der Waals surface area contributed by atoms with Crippen molar-refractivity contribution in [2.24, 2.45) is 5.14 Å². The second-order valence-electron chi connectivity index (χ2n) is 6.27. The summed E-state index contributed by atoms with van der Waals surface area (Å²) < 4.78 is 28.1. The Hall–Kier alpha value is -2.40. The van der Waals surface area contributed by atoms with Crippen LogP contribution in [0.15, 0.2) is 41.3 Å². The van der Waals surface area contributed by atoms with Crippen LogP contribution in [0.5, 0.6) is 5.75 Å². The van der Waals surface area contributed by atoms with Crippen molar-refractivity contribution in [3.63, 3.8) is 0 Å². The van der Waals surface area contributed by atoms with Crippen LogP contribution in [-0.4, -0.2) is 25.5 Å². The number of thiocarbonyl (C=S) groups is 1. The van der Waals surface area contributed by atoms with Gasteiger partial charge >= 0.3 is 0 Å². The van der Waals surface area contributed by atoms with Gasteiger partial charge in [0.1, 0.15) is 5.75 Å². The Bertz CT molecular complexity index is 1000. The van der Waals surface area contributed by atoms with Crippen LogP contribution in [0.3, 0.4) is 0 Å². The molecule has 0 bridgehead atoms. The summed E-state index contributed by atoms with van der Waals surface area (Å²) in [6, 6.07) is 9.17. The standard InChI is InChI=1S/C18H21ClN4O4S2/c1-10-8-14(9-11(2)16(10)19)27-12(3)17(24)22-23-18(28)21-13-4-6-15(7-5-13)29(20,25)26/h4-9,12H,1-3H3,(H,22,24)(H2,20,25,26)(H2,21,23,28). The van der Waals surface area contributed by atoms with E-state index in [1.54, 1.807) is 19.1 Å². The predicted molar refractivity (Wildman–Crippen MR) is 116 cm³/mol. The van der Waals surface area contributed by atoms with Crippen molar-refractivity contribution < 1.29 is 17.9 Å². The summed E-state index contributed by atoms with van der Waals surface area (Å²) in [5.74, 6) is 0.0895. The SMILES string of the molecule is Cc1cc(OC(C)C(=O)NNC(=S)Nc2ccc(S(N)(=O)=O)cc2)cc(C)c1Cl. The van der Waals surface area contributed by atoms with Crippen molar-refractivity contribution in [3.8, 4) is 5.75 Å². The fourth-order valence-corrected chi connectivity index (χ4v) is 3.14. The lowest BCUT2D eigenvalue weighted by Crippen LogP contribution is -2.48. The molecule has 5 N–H and O–H groups in total. The van der Waals surface area contributed by atoms with Crippen molar-refractivity contribution >= 4 is 50.5 Å². The maximum Gasteiger partial charge on any atom is 0.279 e. The van der Waals surface area contributed by atoms with E-state index in [4.69, 9.17) is 33.7 Å². The number of benzene rings is 2. The molecule has 0 saturated heterocycles. The largest absolute Gasteiger partial charge is 0.481 e. The lowest BCUT2D eigenvalue weighted by molar-refractivity contribution is -0.127. The van der Waals surface area contributed by atoms with Crippen LogP contribution < -0.4 is 26.0 Å². The Morgan fingerprint density at radius 1 is 1.14 bits per heavy atom. The minimum Gasteiger partial charge on any atom is -0.481 e. The molecule has 29 heavy (non-hydrogen) atoms. The van der Waals surface area contributed by atoms with E-state index >= 15 is 0 Å². The first-order valence-corrected chi connectivity index (χ1v) is 10.7.